The number of para-hydroxylation sites is 1. The van der Waals surface area contributed by atoms with Gasteiger partial charge in [0.25, 0.3) is 5.91 Å². The highest BCUT2D eigenvalue weighted by Gasteiger charge is 2.34. The number of nitrogens with zero attached hydrogens (tertiary/aromatic N) is 3. The molecule has 0 aliphatic carbocycles. The maximum absolute atomic E-state index is 12.4. The van der Waals surface area contributed by atoms with E-state index < -0.39 is 0 Å². The van der Waals surface area contributed by atoms with Gasteiger partial charge in [-0.3, -0.25) is 9.69 Å². The van der Waals surface area contributed by atoms with Gasteiger partial charge in [0.15, 0.2) is 0 Å². The van der Waals surface area contributed by atoms with Gasteiger partial charge in [-0.1, -0.05) is 18.2 Å². The molecule has 1 N–H and O–H groups in total. The second-order valence-electron chi connectivity index (χ2n) is 7.80. The highest BCUT2D eigenvalue weighted by molar-refractivity contribution is 5.94. The Kier molecular flexibility index (Phi) is 5.38. The van der Waals surface area contributed by atoms with Crippen LogP contribution in [0.2, 0.25) is 0 Å². The topological polar surface area (TPSA) is 74.8 Å². The Morgan fingerprint density at radius 1 is 1.17 bits per heavy atom. The molecular weight excluding hydrogens is 368 g/mol. The number of piperidine rings is 1. The molecule has 152 valence electrons. The summed E-state index contributed by atoms with van der Waals surface area (Å²) in [4.78, 5) is 33.0. The van der Waals surface area contributed by atoms with Crippen LogP contribution in [-0.4, -0.2) is 42.2 Å². The summed E-state index contributed by atoms with van der Waals surface area (Å²) >= 11 is 0. The van der Waals surface area contributed by atoms with Gasteiger partial charge in [-0.15, -0.1) is 0 Å². The van der Waals surface area contributed by atoms with Crippen molar-refractivity contribution in [3.05, 3.63) is 53.7 Å². The summed E-state index contributed by atoms with van der Waals surface area (Å²) in [7, 11) is 0. The van der Waals surface area contributed by atoms with Crippen LogP contribution in [0.1, 0.15) is 42.6 Å². The number of carbonyl (C=O) groups is 2. The number of fused-ring (bicyclic) bond motifs is 1. The van der Waals surface area contributed by atoms with Crippen molar-refractivity contribution in [1.29, 1.82) is 0 Å². The molecule has 1 aromatic carbocycles. The van der Waals surface area contributed by atoms with Crippen LogP contribution in [0, 0.1) is 0 Å². The van der Waals surface area contributed by atoms with Crippen LogP contribution in [0.5, 0.6) is 0 Å². The smallest absolute Gasteiger partial charge is 0.414 e. The molecule has 0 bridgehead atoms. The average Bonchev–Trinajstić information content (AvgIpc) is 2.73. The summed E-state index contributed by atoms with van der Waals surface area (Å²) in [5.41, 5.74) is 2.57. The van der Waals surface area contributed by atoms with Gasteiger partial charge in [-0.05, 0) is 44.9 Å². The van der Waals surface area contributed by atoms with Gasteiger partial charge in [0.1, 0.15) is 12.4 Å². The Morgan fingerprint density at radius 3 is 2.62 bits per heavy atom. The van der Waals surface area contributed by atoms with Crippen LogP contribution in [0.4, 0.5) is 16.3 Å². The van der Waals surface area contributed by atoms with Crippen molar-refractivity contribution in [1.82, 2.24) is 10.3 Å². The number of rotatable bonds is 4. The summed E-state index contributed by atoms with van der Waals surface area (Å²) in [6.07, 6.45) is 3.03. The van der Waals surface area contributed by atoms with Crippen LogP contribution in [0.25, 0.3) is 0 Å². The fraction of sp³-hybridized carbons (Fsp3) is 0.409. The van der Waals surface area contributed by atoms with Crippen molar-refractivity contribution in [2.75, 3.05) is 22.9 Å². The molecule has 0 saturated carbocycles. The molecule has 2 amide bonds. The molecule has 2 aliphatic heterocycles. The van der Waals surface area contributed by atoms with Gasteiger partial charge >= 0.3 is 6.09 Å². The zero-order valence-electron chi connectivity index (χ0n) is 16.8. The second-order valence-corrected chi connectivity index (χ2v) is 7.80. The van der Waals surface area contributed by atoms with E-state index in [-0.39, 0.29) is 24.1 Å². The SMILES string of the molecule is CC(C)NC(=O)c1ccc(N2CCC(N3C(=O)OCc4ccccc43)CC2)nc1. The molecule has 7 heteroatoms. The molecule has 1 saturated heterocycles. The van der Waals surface area contributed by atoms with E-state index in [0.29, 0.717) is 12.2 Å². The van der Waals surface area contributed by atoms with Gasteiger partial charge in [-0.25, -0.2) is 9.78 Å². The van der Waals surface area contributed by atoms with Crippen molar-refractivity contribution < 1.29 is 14.3 Å². The van der Waals surface area contributed by atoms with E-state index in [2.05, 4.69) is 15.2 Å². The van der Waals surface area contributed by atoms with Crippen LogP contribution in [-0.2, 0) is 11.3 Å². The quantitative estimate of drug-likeness (QED) is 0.861. The lowest BCUT2D eigenvalue weighted by Gasteiger charge is -2.40. The molecular formula is C22H26N4O3. The van der Waals surface area contributed by atoms with Crippen molar-refractivity contribution >= 4 is 23.5 Å². The molecule has 2 aliphatic rings. The zero-order valence-corrected chi connectivity index (χ0v) is 16.8. The van der Waals surface area contributed by atoms with E-state index in [1.54, 1.807) is 6.20 Å². The Labute approximate surface area is 170 Å². The largest absolute Gasteiger partial charge is 0.444 e. The first kappa shape index (κ1) is 19.2. The maximum atomic E-state index is 12.4. The number of nitrogens with one attached hydrogen (secondary N) is 1. The molecule has 2 aromatic rings. The Morgan fingerprint density at radius 2 is 1.93 bits per heavy atom. The lowest BCUT2D eigenvalue weighted by Crippen LogP contribution is -2.49. The Hall–Kier alpha value is -3.09. The standard InChI is InChI=1S/C22H26N4O3/c1-15(2)24-21(27)16-7-8-20(23-13-16)25-11-9-18(10-12-25)26-19-6-4-3-5-17(19)14-29-22(26)28/h3-8,13,15,18H,9-12,14H2,1-2H3,(H,24,27). The number of carbonyl (C=O) groups excluding carboxylic acids is 2. The summed E-state index contributed by atoms with van der Waals surface area (Å²) < 4.78 is 5.37. The van der Waals surface area contributed by atoms with Gasteiger partial charge < -0.3 is 15.0 Å². The second kappa shape index (κ2) is 8.11. The first-order valence-electron chi connectivity index (χ1n) is 10.1. The number of anilines is 2. The first-order valence-corrected chi connectivity index (χ1v) is 10.1. The zero-order chi connectivity index (χ0) is 20.4. The number of amides is 2. The fourth-order valence-electron chi connectivity index (χ4n) is 3.93. The van der Waals surface area contributed by atoms with Crippen molar-refractivity contribution in [2.24, 2.45) is 0 Å². The molecule has 0 atom stereocenters. The lowest BCUT2D eigenvalue weighted by atomic mass is 10.0. The molecule has 3 heterocycles. The van der Waals surface area contributed by atoms with Crippen molar-refractivity contribution in [3.8, 4) is 0 Å². The average molecular weight is 394 g/mol. The van der Waals surface area contributed by atoms with Gasteiger partial charge in [-0.2, -0.15) is 0 Å². The van der Waals surface area contributed by atoms with E-state index in [4.69, 9.17) is 4.74 Å². The van der Waals surface area contributed by atoms with E-state index in [1.165, 1.54) is 0 Å². The predicted molar refractivity (Wildman–Crippen MR) is 111 cm³/mol. The molecule has 1 fully saturated rings. The minimum absolute atomic E-state index is 0.0906. The molecule has 0 unspecified atom stereocenters. The molecule has 29 heavy (non-hydrogen) atoms. The number of pyridine rings is 1. The van der Waals surface area contributed by atoms with Gasteiger partial charge in [0.2, 0.25) is 0 Å². The van der Waals surface area contributed by atoms with Crippen molar-refractivity contribution in [2.45, 2.75) is 45.4 Å². The third kappa shape index (κ3) is 4.04. The number of ether oxygens (including phenoxy) is 1. The minimum atomic E-state index is -0.263. The molecule has 4 rings (SSSR count). The predicted octanol–water partition coefficient (Wildman–Crippen LogP) is 3.35. The third-order valence-electron chi connectivity index (χ3n) is 5.38. The van der Waals surface area contributed by atoms with Gasteiger partial charge in [0, 0.05) is 36.9 Å². The Bertz CT molecular complexity index is 889. The van der Waals surface area contributed by atoms with E-state index in [0.717, 1.165) is 43.0 Å². The van der Waals surface area contributed by atoms with E-state index in [9.17, 15) is 9.59 Å². The van der Waals surface area contributed by atoms with E-state index in [1.807, 2.05) is 55.1 Å². The summed E-state index contributed by atoms with van der Waals surface area (Å²) in [6, 6.07) is 11.8. The maximum Gasteiger partial charge on any atom is 0.414 e. The molecule has 7 nitrogen and oxygen atoms in total. The van der Waals surface area contributed by atoms with Crippen molar-refractivity contribution in [3.63, 3.8) is 0 Å². The monoisotopic (exact) mass is 394 g/mol. The summed E-state index contributed by atoms with van der Waals surface area (Å²) in [5, 5.41) is 2.87. The summed E-state index contributed by atoms with van der Waals surface area (Å²) in [6.45, 7) is 5.79. The number of hydrogen-bond acceptors (Lipinski definition) is 5. The number of cyclic esters (lactones) is 1. The Balaban J connectivity index is 1.41. The third-order valence-corrected chi connectivity index (χ3v) is 5.38. The van der Waals surface area contributed by atoms with Crippen LogP contribution >= 0.6 is 0 Å². The molecule has 0 spiro atoms. The molecule has 0 radical (unpaired) electrons. The first-order chi connectivity index (χ1) is 14.0. The number of aromatic nitrogens is 1. The van der Waals surface area contributed by atoms with Crippen LogP contribution < -0.4 is 15.1 Å². The normalized spacial score (nSPS) is 17.1. The highest BCUT2D eigenvalue weighted by Crippen LogP contribution is 2.32. The lowest BCUT2D eigenvalue weighted by molar-refractivity contribution is 0.0942. The number of benzene rings is 1. The summed E-state index contributed by atoms with van der Waals surface area (Å²) in [5.74, 6) is 0.742. The fourth-order valence-corrected chi connectivity index (χ4v) is 3.93. The van der Waals surface area contributed by atoms with Gasteiger partial charge in [0.05, 0.1) is 11.3 Å². The molecule has 1 aromatic heterocycles. The van der Waals surface area contributed by atoms with Crippen LogP contribution in [0.3, 0.4) is 0 Å². The highest BCUT2D eigenvalue weighted by atomic mass is 16.6. The number of hydrogen-bond donors (Lipinski definition) is 1. The van der Waals surface area contributed by atoms with E-state index >= 15 is 0 Å². The van der Waals surface area contributed by atoms with Crippen LogP contribution in [0.15, 0.2) is 42.6 Å². The minimum Gasteiger partial charge on any atom is -0.444 e.